The lowest BCUT2D eigenvalue weighted by atomic mass is 9.97. The highest BCUT2D eigenvalue weighted by Gasteiger charge is 2.02. The molecule has 2 heteroatoms. The Morgan fingerprint density at radius 3 is 1.24 bits per heavy atom. The first-order valence-electron chi connectivity index (χ1n) is 9.98. The molecule has 0 aromatic carbocycles. The van der Waals surface area contributed by atoms with Gasteiger partial charge in [-0.25, -0.2) is 0 Å². The Kier molecular flexibility index (Phi) is 25.0. The van der Waals surface area contributed by atoms with Crippen LogP contribution in [0, 0.1) is 11.8 Å². The zero-order valence-corrected chi connectivity index (χ0v) is 17.3. The van der Waals surface area contributed by atoms with Gasteiger partial charge in [-0.1, -0.05) is 58.4 Å². The summed E-state index contributed by atoms with van der Waals surface area (Å²) in [6, 6.07) is 0. The normalized spacial score (nSPS) is 14.2. The summed E-state index contributed by atoms with van der Waals surface area (Å²) >= 11 is 0. The first kappa shape index (κ1) is 29.2. The topological polar surface area (TPSA) is 40.5 Å². The van der Waals surface area contributed by atoms with Gasteiger partial charge in [0.05, 0.1) is 0 Å². The van der Waals surface area contributed by atoms with E-state index in [-0.39, 0.29) is 7.43 Å². The molecule has 25 heavy (non-hydrogen) atoms. The van der Waals surface area contributed by atoms with Gasteiger partial charge in [-0.15, -0.1) is 0 Å². The fraction of sp³-hybridized carbons (Fsp3) is 0.826. The van der Waals surface area contributed by atoms with Crippen LogP contribution in [0.1, 0.15) is 100 Å². The Morgan fingerprint density at radius 2 is 1.04 bits per heavy atom. The molecule has 0 aliphatic carbocycles. The Bertz CT molecular complexity index is 286. The Hall–Kier alpha value is -0.600. The van der Waals surface area contributed by atoms with Gasteiger partial charge in [-0.3, -0.25) is 0 Å². The molecule has 152 valence electrons. The molecule has 0 aliphatic heterocycles. The molecule has 0 aromatic rings. The summed E-state index contributed by atoms with van der Waals surface area (Å²) in [6.45, 7) is 13.7. The highest BCUT2D eigenvalue weighted by atomic mass is 16.3. The molecule has 2 unspecified atom stereocenters. The maximum Gasteiger partial charge on any atom is 0.0433 e. The second-order valence-corrected chi connectivity index (χ2v) is 6.91. The summed E-state index contributed by atoms with van der Waals surface area (Å²) in [6.07, 6.45) is 13.5. The van der Waals surface area contributed by atoms with Crippen molar-refractivity contribution in [3.8, 4) is 0 Å². The van der Waals surface area contributed by atoms with E-state index in [0.29, 0.717) is 25.0 Å². The summed E-state index contributed by atoms with van der Waals surface area (Å²) in [5.74, 6) is 1.33. The molecule has 0 saturated heterocycles. The third-order valence-corrected chi connectivity index (χ3v) is 4.89. The van der Waals surface area contributed by atoms with E-state index in [2.05, 4.69) is 53.7 Å². The van der Waals surface area contributed by atoms with Gasteiger partial charge in [-0.2, -0.15) is 0 Å². The summed E-state index contributed by atoms with van der Waals surface area (Å²) < 4.78 is 0. The minimum absolute atomic E-state index is 0. The third kappa shape index (κ3) is 19.6. The predicted octanol–water partition coefficient (Wildman–Crippen LogP) is 6.92. The average molecular weight is 357 g/mol. The molecule has 0 fully saturated rings. The van der Waals surface area contributed by atoms with E-state index in [4.69, 9.17) is 10.2 Å². The van der Waals surface area contributed by atoms with E-state index in [1.165, 1.54) is 38.5 Å². The zero-order valence-electron chi connectivity index (χ0n) is 17.3. The standard InChI is InChI=1S/2C11H22O.CH4/c2*1-4-11(5-2)7-6-10(3)8-9-12;/h2*4,10,12H,5-9H2,1-3H3;1H4/b11-4+;11-4-;. The number of aliphatic hydroxyl groups is 2. The van der Waals surface area contributed by atoms with Crippen LogP contribution in [-0.4, -0.2) is 23.4 Å². The summed E-state index contributed by atoms with van der Waals surface area (Å²) in [7, 11) is 0. The fourth-order valence-electron chi connectivity index (χ4n) is 2.64. The van der Waals surface area contributed by atoms with Crippen molar-refractivity contribution in [1.29, 1.82) is 0 Å². The highest BCUT2D eigenvalue weighted by Crippen LogP contribution is 2.17. The smallest absolute Gasteiger partial charge is 0.0433 e. The van der Waals surface area contributed by atoms with Crippen molar-refractivity contribution < 1.29 is 10.2 Å². The van der Waals surface area contributed by atoms with Crippen LogP contribution in [0.3, 0.4) is 0 Å². The number of rotatable bonds is 12. The second-order valence-electron chi connectivity index (χ2n) is 6.91. The minimum atomic E-state index is 0. The van der Waals surface area contributed by atoms with Crippen LogP contribution in [0.4, 0.5) is 0 Å². The Balaban J connectivity index is -0.000000372. The van der Waals surface area contributed by atoms with E-state index < -0.39 is 0 Å². The summed E-state index contributed by atoms with van der Waals surface area (Å²) in [5, 5.41) is 17.4. The molecule has 0 rings (SSSR count). The maximum absolute atomic E-state index is 8.70. The lowest BCUT2D eigenvalue weighted by molar-refractivity contribution is 0.258. The van der Waals surface area contributed by atoms with Gasteiger partial charge in [-0.05, 0) is 77.0 Å². The third-order valence-electron chi connectivity index (χ3n) is 4.89. The molecule has 2 atom stereocenters. The van der Waals surface area contributed by atoms with E-state index in [1.54, 1.807) is 11.1 Å². The van der Waals surface area contributed by atoms with E-state index in [1.807, 2.05) is 0 Å². The lowest BCUT2D eigenvalue weighted by Crippen LogP contribution is -1.98. The molecule has 2 N–H and O–H groups in total. The molecule has 0 amide bonds. The number of allylic oxidation sites excluding steroid dienone is 4. The van der Waals surface area contributed by atoms with E-state index in [0.717, 1.165) is 12.8 Å². The van der Waals surface area contributed by atoms with Crippen LogP contribution in [-0.2, 0) is 0 Å². The molecule has 0 radical (unpaired) electrons. The van der Waals surface area contributed by atoms with Crippen molar-refractivity contribution in [3.05, 3.63) is 23.3 Å². The SMILES string of the molecule is C.C/C=C(/CC)CCC(C)CCO.C/C=C(\CC)CCC(C)CCO. The molecular weight excluding hydrogens is 308 g/mol. The Morgan fingerprint density at radius 1 is 0.720 bits per heavy atom. The van der Waals surface area contributed by atoms with Crippen molar-refractivity contribution in [1.82, 2.24) is 0 Å². The largest absolute Gasteiger partial charge is 0.396 e. The number of hydrogen-bond acceptors (Lipinski definition) is 2. The van der Waals surface area contributed by atoms with Crippen molar-refractivity contribution in [2.75, 3.05) is 13.2 Å². The molecule has 0 bridgehead atoms. The fourth-order valence-corrected chi connectivity index (χ4v) is 2.64. The first-order chi connectivity index (χ1) is 11.5. The zero-order chi connectivity index (χ0) is 18.8. The minimum Gasteiger partial charge on any atom is -0.396 e. The molecule has 0 aliphatic rings. The predicted molar refractivity (Wildman–Crippen MR) is 115 cm³/mol. The summed E-state index contributed by atoms with van der Waals surface area (Å²) in [4.78, 5) is 0. The maximum atomic E-state index is 8.70. The van der Waals surface area contributed by atoms with Crippen LogP contribution in [0.15, 0.2) is 23.3 Å². The van der Waals surface area contributed by atoms with Crippen LogP contribution in [0.25, 0.3) is 0 Å². The van der Waals surface area contributed by atoms with Gasteiger partial charge < -0.3 is 10.2 Å². The van der Waals surface area contributed by atoms with Crippen LogP contribution in [0.2, 0.25) is 0 Å². The van der Waals surface area contributed by atoms with Gasteiger partial charge in [0.1, 0.15) is 0 Å². The quantitative estimate of drug-likeness (QED) is 0.373. The molecular formula is C23H48O2. The molecule has 0 saturated carbocycles. The Labute approximate surface area is 159 Å². The van der Waals surface area contributed by atoms with Crippen LogP contribution >= 0.6 is 0 Å². The lowest BCUT2D eigenvalue weighted by Gasteiger charge is -2.10. The monoisotopic (exact) mass is 356 g/mol. The number of aliphatic hydroxyl groups excluding tert-OH is 2. The average Bonchev–Trinajstić information content (AvgIpc) is 2.58. The molecule has 2 nitrogen and oxygen atoms in total. The van der Waals surface area contributed by atoms with Crippen molar-refractivity contribution in [2.45, 2.75) is 100 Å². The van der Waals surface area contributed by atoms with Gasteiger partial charge in [0.25, 0.3) is 0 Å². The van der Waals surface area contributed by atoms with Crippen molar-refractivity contribution >= 4 is 0 Å². The van der Waals surface area contributed by atoms with Crippen molar-refractivity contribution in [3.63, 3.8) is 0 Å². The highest BCUT2D eigenvalue weighted by molar-refractivity contribution is 4.99. The second kappa shape index (κ2) is 21.4. The van der Waals surface area contributed by atoms with Crippen molar-refractivity contribution in [2.24, 2.45) is 11.8 Å². The van der Waals surface area contributed by atoms with Gasteiger partial charge in [0.15, 0.2) is 0 Å². The molecule has 0 spiro atoms. The van der Waals surface area contributed by atoms with Gasteiger partial charge in [0.2, 0.25) is 0 Å². The van der Waals surface area contributed by atoms with Gasteiger partial charge >= 0.3 is 0 Å². The first-order valence-corrected chi connectivity index (χ1v) is 9.98. The number of hydrogen-bond donors (Lipinski definition) is 2. The van der Waals surface area contributed by atoms with Crippen LogP contribution in [0.5, 0.6) is 0 Å². The van der Waals surface area contributed by atoms with Gasteiger partial charge in [0, 0.05) is 13.2 Å². The van der Waals surface area contributed by atoms with E-state index in [9.17, 15) is 0 Å². The van der Waals surface area contributed by atoms with E-state index >= 15 is 0 Å². The molecule has 0 aromatic heterocycles. The summed E-state index contributed by atoms with van der Waals surface area (Å²) in [5.41, 5.74) is 3.08. The van der Waals surface area contributed by atoms with Crippen LogP contribution < -0.4 is 0 Å². The molecule has 0 heterocycles.